The fraction of sp³-hybridized carbons (Fsp3) is 0.667. The van der Waals surface area contributed by atoms with Gasteiger partial charge in [-0.2, -0.15) is 0 Å². The Hall–Kier alpha value is -2.02. The van der Waals surface area contributed by atoms with Gasteiger partial charge in [0, 0.05) is 25.7 Å². The summed E-state index contributed by atoms with van der Waals surface area (Å²) in [5.41, 5.74) is 0. The monoisotopic (exact) mass is 351 g/mol. The molecule has 3 amide bonds. The molecule has 0 unspecified atom stereocenters. The molecule has 0 spiro atoms. The summed E-state index contributed by atoms with van der Waals surface area (Å²) >= 11 is 0. The summed E-state index contributed by atoms with van der Waals surface area (Å²) < 4.78 is 11.1. The summed E-state index contributed by atoms with van der Waals surface area (Å²) in [6, 6.07) is 3.36. The number of hydrogen-bond acceptors (Lipinski definition) is 4. The van der Waals surface area contributed by atoms with Crippen LogP contribution in [0.2, 0.25) is 0 Å². The van der Waals surface area contributed by atoms with Crippen LogP contribution in [0.3, 0.4) is 0 Å². The predicted molar refractivity (Wildman–Crippen MR) is 94.0 cm³/mol. The van der Waals surface area contributed by atoms with Gasteiger partial charge in [-0.3, -0.25) is 4.79 Å². The highest BCUT2D eigenvalue weighted by atomic mass is 16.5. The number of furan rings is 1. The van der Waals surface area contributed by atoms with Crippen molar-refractivity contribution in [1.29, 1.82) is 0 Å². The number of rotatable bonds is 8. The standard InChI is InChI=1S/C18H29N3O4/c1-4-19-18(23)21(14(2)3)13-17(22)20(11-15-7-5-9-24-15)12-16-8-6-10-25-16/h5,7,9,14,16H,4,6,8,10-13H2,1-3H3,(H,19,23)/t16-/m1/s1. The number of hydrogen-bond donors (Lipinski definition) is 1. The van der Waals surface area contributed by atoms with E-state index in [9.17, 15) is 9.59 Å². The van der Waals surface area contributed by atoms with Gasteiger partial charge in [0.2, 0.25) is 5.91 Å². The summed E-state index contributed by atoms with van der Waals surface area (Å²) in [7, 11) is 0. The molecule has 1 atom stereocenters. The van der Waals surface area contributed by atoms with Crippen LogP contribution in [0, 0.1) is 0 Å². The van der Waals surface area contributed by atoms with Crippen LogP contribution < -0.4 is 5.32 Å². The molecule has 140 valence electrons. The molecule has 1 N–H and O–H groups in total. The van der Waals surface area contributed by atoms with Crippen molar-refractivity contribution in [2.75, 3.05) is 26.2 Å². The van der Waals surface area contributed by atoms with Gasteiger partial charge in [0.05, 0.1) is 18.9 Å². The highest BCUT2D eigenvalue weighted by Gasteiger charge is 2.27. The molecule has 1 aliphatic rings. The Kier molecular flexibility index (Phi) is 7.31. The SMILES string of the molecule is CCNC(=O)N(CC(=O)N(Cc1ccco1)C[C@H]1CCCO1)C(C)C. The molecule has 0 bridgehead atoms. The lowest BCUT2D eigenvalue weighted by Gasteiger charge is -2.30. The summed E-state index contributed by atoms with van der Waals surface area (Å²) in [4.78, 5) is 28.4. The molecule has 1 aliphatic heterocycles. The van der Waals surface area contributed by atoms with Gasteiger partial charge in [0.25, 0.3) is 0 Å². The minimum Gasteiger partial charge on any atom is -0.467 e. The van der Waals surface area contributed by atoms with E-state index in [0.29, 0.717) is 19.6 Å². The lowest BCUT2D eigenvalue weighted by molar-refractivity contribution is -0.134. The molecule has 1 aromatic heterocycles. The Morgan fingerprint density at radius 1 is 1.40 bits per heavy atom. The van der Waals surface area contributed by atoms with E-state index in [1.807, 2.05) is 26.8 Å². The topological polar surface area (TPSA) is 75.0 Å². The second-order valence-corrected chi connectivity index (χ2v) is 6.55. The minimum absolute atomic E-state index is 0.0386. The van der Waals surface area contributed by atoms with Crippen molar-refractivity contribution in [2.45, 2.75) is 52.3 Å². The highest BCUT2D eigenvalue weighted by Crippen LogP contribution is 2.16. The fourth-order valence-corrected chi connectivity index (χ4v) is 2.87. The third kappa shape index (κ3) is 5.77. The average Bonchev–Trinajstić information content (AvgIpc) is 3.25. The molecule has 0 saturated carbocycles. The molecule has 2 rings (SSSR count). The number of nitrogens with zero attached hydrogens (tertiary/aromatic N) is 2. The largest absolute Gasteiger partial charge is 0.467 e. The lowest BCUT2D eigenvalue weighted by Crippen LogP contribution is -2.50. The van der Waals surface area contributed by atoms with Crippen LogP contribution in [0.5, 0.6) is 0 Å². The first-order valence-corrected chi connectivity index (χ1v) is 8.97. The first-order valence-electron chi connectivity index (χ1n) is 8.97. The summed E-state index contributed by atoms with van der Waals surface area (Å²) in [6.45, 7) is 7.87. The first-order chi connectivity index (χ1) is 12.0. The van der Waals surface area contributed by atoms with Crippen LogP contribution in [-0.4, -0.2) is 60.1 Å². The molecule has 25 heavy (non-hydrogen) atoms. The van der Waals surface area contributed by atoms with E-state index in [1.54, 1.807) is 22.1 Å². The van der Waals surface area contributed by atoms with Gasteiger partial charge in [-0.25, -0.2) is 4.79 Å². The van der Waals surface area contributed by atoms with Gasteiger partial charge >= 0.3 is 6.03 Å². The molecular formula is C18H29N3O4. The molecular weight excluding hydrogens is 322 g/mol. The number of amides is 3. The van der Waals surface area contributed by atoms with Gasteiger partial charge in [-0.1, -0.05) is 0 Å². The van der Waals surface area contributed by atoms with Crippen molar-refractivity contribution in [3.05, 3.63) is 24.2 Å². The van der Waals surface area contributed by atoms with Crippen molar-refractivity contribution in [2.24, 2.45) is 0 Å². The maximum Gasteiger partial charge on any atom is 0.318 e. The van der Waals surface area contributed by atoms with Crippen molar-refractivity contribution in [3.8, 4) is 0 Å². The molecule has 0 radical (unpaired) electrons. The number of urea groups is 1. The zero-order valence-electron chi connectivity index (χ0n) is 15.4. The second-order valence-electron chi connectivity index (χ2n) is 6.55. The molecule has 1 aromatic rings. The van der Waals surface area contributed by atoms with E-state index < -0.39 is 0 Å². The van der Waals surface area contributed by atoms with E-state index in [4.69, 9.17) is 9.15 Å². The van der Waals surface area contributed by atoms with E-state index >= 15 is 0 Å². The molecule has 1 fully saturated rings. The van der Waals surface area contributed by atoms with Crippen LogP contribution >= 0.6 is 0 Å². The molecule has 0 aliphatic carbocycles. The van der Waals surface area contributed by atoms with Gasteiger partial charge in [-0.05, 0) is 45.7 Å². The van der Waals surface area contributed by atoms with Gasteiger partial charge in [-0.15, -0.1) is 0 Å². The van der Waals surface area contributed by atoms with Gasteiger partial charge in [0.15, 0.2) is 0 Å². The molecule has 7 heteroatoms. The van der Waals surface area contributed by atoms with Crippen molar-refractivity contribution < 1.29 is 18.7 Å². The summed E-state index contributed by atoms with van der Waals surface area (Å²) in [6.07, 6.45) is 3.62. The number of ether oxygens (including phenoxy) is 1. The zero-order valence-corrected chi connectivity index (χ0v) is 15.4. The molecule has 1 saturated heterocycles. The normalized spacial score (nSPS) is 16.9. The Morgan fingerprint density at radius 3 is 2.76 bits per heavy atom. The Bertz CT molecular complexity index is 539. The molecule has 2 heterocycles. The minimum atomic E-state index is -0.221. The van der Waals surface area contributed by atoms with Gasteiger partial charge in [0.1, 0.15) is 12.3 Å². The number of carbonyl (C=O) groups excluding carboxylic acids is 2. The quantitative estimate of drug-likeness (QED) is 0.779. The van der Waals surface area contributed by atoms with Crippen LogP contribution in [0.25, 0.3) is 0 Å². The van der Waals surface area contributed by atoms with Crippen molar-refractivity contribution in [3.63, 3.8) is 0 Å². The highest BCUT2D eigenvalue weighted by molar-refractivity contribution is 5.84. The third-order valence-corrected chi connectivity index (χ3v) is 4.25. The van der Waals surface area contributed by atoms with Crippen LogP contribution in [0.1, 0.15) is 39.4 Å². The van der Waals surface area contributed by atoms with Crippen molar-refractivity contribution >= 4 is 11.9 Å². The second kappa shape index (κ2) is 9.46. The predicted octanol–water partition coefficient (Wildman–Crippen LogP) is 2.23. The average molecular weight is 351 g/mol. The van der Waals surface area contributed by atoms with Crippen LogP contribution in [0.4, 0.5) is 4.79 Å². The van der Waals surface area contributed by atoms with Gasteiger partial charge < -0.3 is 24.3 Å². The lowest BCUT2D eigenvalue weighted by atomic mass is 10.2. The van der Waals surface area contributed by atoms with E-state index in [1.165, 1.54) is 0 Å². The Labute approximate surface area is 149 Å². The summed E-state index contributed by atoms with van der Waals surface area (Å²) in [5.74, 6) is 0.618. The third-order valence-electron chi connectivity index (χ3n) is 4.25. The summed E-state index contributed by atoms with van der Waals surface area (Å²) in [5, 5.41) is 2.76. The zero-order chi connectivity index (χ0) is 18.2. The van der Waals surface area contributed by atoms with Crippen molar-refractivity contribution in [1.82, 2.24) is 15.1 Å². The van der Waals surface area contributed by atoms with E-state index in [-0.39, 0.29) is 30.6 Å². The smallest absolute Gasteiger partial charge is 0.318 e. The van der Waals surface area contributed by atoms with Crippen LogP contribution in [0.15, 0.2) is 22.8 Å². The maximum atomic E-state index is 12.9. The first kappa shape index (κ1) is 19.3. The Balaban J connectivity index is 2.05. The maximum absolute atomic E-state index is 12.9. The van der Waals surface area contributed by atoms with E-state index in [0.717, 1.165) is 25.2 Å². The Morgan fingerprint density at radius 2 is 2.20 bits per heavy atom. The number of nitrogens with one attached hydrogen (secondary N) is 1. The van der Waals surface area contributed by atoms with E-state index in [2.05, 4.69) is 5.32 Å². The molecule has 0 aromatic carbocycles. The number of carbonyl (C=O) groups is 2. The van der Waals surface area contributed by atoms with Crippen LogP contribution in [-0.2, 0) is 16.1 Å². The molecule has 7 nitrogen and oxygen atoms in total. The fourth-order valence-electron chi connectivity index (χ4n) is 2.87.